The Kier molecular flexibility index (Phi) is 4.49. The Balaban J connectivity index is 1.77. The molecule has 29 heavy (non-hydrogen) atoms. The van der Waals surface area contributed by atoms with Gasteiger partial charge in [-0.3, -0.25) is 9.69 Å². The molecule has 1 aliphatic carbocycles. The van der Waals surface area contributed by atoms with Crippen molar-refractivity contribution in [3.8, 4) is 0 Å². The van der Waals surface area contributed by atoms with Crippen LogP contribution in [0.5, 0.6) is 0 Å². The number of hydrogen-bond donors (Lipinski definition) is 2. The van der Waals surface area contributed by atoms with Crippen LogP contribution < -0.4 is 0 Å². The van der Waals surface area contributed by atoms with Crippen molar-refractivity contribution in [3.05, 3.63) is 35.5 Å². The molecule has 1 aromatic carbocycles. The zero-order valence-electron chi connectivity index (χ0n) is 17.4. The molecule has 3 fully saturated rings. The highest BCUT2D eigenvalue weighted by molar-refractivity contribution is 5.91. The largest absolute Gasteiger partial charge is 0.468 e. The van der Waals surface area contributed by atoms with Crippen LogP contribution in [0.3, 0.4) is 0 Å². The number of carbonyl (C=O) groups excluding carboxylic acids is 1. The first-order chi connectivity index (χ1) is 14.0. The van der Waals surface area contributed by atoms with Crippen molar-refractivity contribution in [3.63, 3.8) is 0 Å². The molecule has 6 heteroatoms. The summed E-state index contributed by atoms with van der Waals surface area (Å²) in [6.07, 6.45) is 1.90. The highest BCUT2D eigenvalue weighted by Gasteiger charge is 2.66. The van der Waals surface area contributed by atoms with E-state index in [-0.39, 0.29) is 30.1 Å². The summed E-state index contributed by atoms with van der Waals surface area (Å²) in [5.41, 5.74) is 2.45. The van der Waals surface area contributed by atoms with Gasteiger partial charge in [-0.1, -0.05) is 18.2 Å². The van der Waals surface area contributed by atoms with Crippen LogP contribution in [0.15, 0.2) is 24.3 Å². The molecule has 7 atom stereocenters. The van der Waals surface area contributed by atoms with E-state index in [4.69, 9.17) is 9.47 Å². The Hall–Kier alpha value is -1.89. The fourth-order valence-electron chi connectivity index (χ4n) is 6.59. The second-order valence-corrected chi connectivity index (χ2v) is 8.87. The maximum Gasteiger partial charge on any atom is 0.319 e. The molecule has 4 heterocycles. The van der Waals surface area contributed by atoms with Crippen molar-refractivity contribution >= 4 is 16.9 Å². The number of para-hydroxylation sites is 1. The molecule has 0 amide bonds. The molecular weight excluding hydrogens is 368 g/mol. The third-order valence-electron chi connectivity index (χ3n) is 7.54. The number of aliphatic hydroxyl groups is 1. The molecule has 4 aliphatic rings. The van der Waals surface area contributed by atoms with Gasteiger partial charge in [-0.25, -0.2) is 0 Å². The van der Waals surface area contributed by atoms with Crippen molar-refractivity contribution in [2.75, 3.05) is 20.3 Å². The fourth-order valence-corrected chi connectivity index (χ4v) is 6.59. The Labute approximate surface area is 171 Å². The monoisotopic (exact) mass is 398 g/mol. The SMILES string of the molecule is CCOC1[C@H]2C[C@H]([C@H](C)O)[C@@H]3N1CCc1c([nH]c4ccccc14)[C@]3(C(=O)OC)C2. The van der Waals surface area contributed by atoms with Gasteiger partial charge in [-0.15, -0.1) is 0 Å². The molecule has 4 bridgehead atoms. The minimum atomic E-state index is -0.808. The molecule has 6 rings (SSSR count). The summed E-state index contributed by atoms with van der Waals surface area (Å²) >= 11 is 0. The zero-order chi connectivity index (χ0) is 20.3. The van der Waals surface area contributed by atoms with Crippen molar-refractivity contribution in [1.29, 1.82) is 0 Å². The summed E-state index contributed by atoms with van der Waals surface area (Å²) in [5.74, 6) is -0.0227. The van der Waals surface area contributed by atoms with Gasteiger partial charge < -0.3 is 19.6 Å². The molecular formula is C23H30N2O4. The van der Waals surface area contributed by atoms with Gasteiger partial charge in [0.1, 0.15) is 11.6 Å². The summed E-state index contributed by atoms with van der Waals surface area (Å²) in [7, 11) is 1.48. The first-order valence-corrected chi connectivity index (χ1v) is 10.8. The summed E-state index contributed by atoms with van der Waals surface area (Å²) in [4.78, 5) is 19.5. The highest BCUT2D eigenvalue weighted by atomic mass is 16.5. The number of hydrogen-bond acceptors (Lipinski definition) is 5. The molecule has 0 radical (unpaired) electrons. The number of H-pyrrole nitrogens is 1. The van der Waals surface area contributed by atoms with E-state index < -0.39 is 11.5 Å². The second kappa shape index (κ2) is 6.83. The normalized spacial score (nSPS) is 36.5. The molecule has 2 saturated heterocycles. The lowest BCUT2D eigenvalue weighted by Crippen LogP contribution is -2.72. The van der Waals surface area contributed by atoms with Gasteiger partial charge in [-0.2, -0.15) is 0 Å². The van der Waals surface area contributed by atoms with Gasteiger partial charge in [0.15, 0.2) is 0 Å². The number of esters is 1. The minimum Gasteiger partial charge on any atom is -0.468 e. The number of ether oxygens (including phenoxy) is 2. The van der Waals surface area contributed by atoms with E-state index in [1.165, 1.54) is 18.1 Å². The number of rotatable bonds is 4. The molecule has 6 nitrogen and oxygen atoms in total. The van der Waals surface area contributed by atoms with E-state index in [9.17, 15) is 9.90 Å². The van der Waals surface area contributed by atoms with Crippen LogP contribution in [0, 0.1) is 11.8 Å². The Bertz CT molecular complexity index is 938. The average molecular weight is 399 g/mol. The van der Waals surface area contributed by atoms with E-state index in [0.717, 1.165) is 30.6 Å². The van der Waals surface area contributed by atoms with Gasteiger partial charge in [0.2, 0.25) is 0 Å². The molecule has 0 spiro atoms. The number of carbonyl (C=O) groups is 1. The summed E-state index contributed by atoms with van der Waals surface area (Å²) in [6.45, 7) is 5.33. The van der Waals surface area contributed by atoms with Gasteiger partial charge in [0.25, 0.3) is 0 Å². The van der Waals surface area contributed by atoms with Crippen LogP contribution in [0.1, 0.15) is 37.9 Å². The van der Waals surface area contributed by atoms with Gasteiger partial charge in [0.05, 0.1) is 13.2 Å². The number of methoxy groups -OCH3 is 1. The summed E-state index contributed by atoms with van der Waals surface area (Å²) in [6, 6.07) is 8.12. The minimum absolute atomic E-state index is 0.00178. The molecule has 1 saturated carbocycles. The quantitative estimate of drug-likeness (QED) is 0.775. The van der Waals surface area contributed by atoms with E-state index in [0.29, 0.717) is 13.0 Å². The van der Waals surface area contributed by atoms with Gasteiger partial charge in [0, 0.05) is 47.6 Å². The smallest absolute Gasteiger partial charge is 0.319 e. The zero-order valence-corrected chi connectivity index (χ0v) is 17.4. The Morgan fingerprint density at radius 3 is 2.93 bits per heavy atom. The molecule has 156 valence electrons. The first-order valence-electron chi connectivity index (χ1n) is 10.8. The van der Waals surface area contributed by atoms with Crippen molar-refractivity contribution in [2.24, 2.45) is 11.8 Å². The number of nitrogens with zero attached hydrogens (tertiary/aromatic N) is 1. The van der Waals surface area contributed by atoms with Gasteiger partial charge in [-0.05, 0) is 44.7 Å². The summed E-state index contributed by atoms with van der Waals surface area (Å²) < 4.78 is 11.6. The predicted molar refractivity (Wildman–Crippen MR) is 109 cm³/mol. The topological polar surface area (TPSA) is 74.8 Å². The van der Waals surface area contributed by atoms with Gasteiger partial charge >= 0.3 is 5.97 Å². The third kappa shape index (κ3) is 2.49. The van der Waals surface area contributed by atoms with Crippen molar-refractivity contribution < 1.29 is 19.4 Å². The first kappa shape index (κ1) is 19.1. The maximum absolute atomic E-state index is 13.5. The van der Waals surface area contributed by atoms with Crippen LogP contribution in [-0.2, 0) is 26.1 Å². The fraction of sp³-hybridized carbons (Fsp3) is 0.609. The highest BCUT2D eigenvalue weighted by Crippen LogP contribution is 2.57. The lowest BCUT2D eigenvalue weighted by Gasteiger charge is -2.61. The molecule has 2 unspecified atom stereocenters. The van der Waals surface area contributed by atoms with Crippen molar-refractivity contribution in [1.82, 2.24) is 9.88 Å². The molecule has 2 N–H and O–H groups in total. The number of aromatic nitrogens is 1. The number of aliphatic hydroxyl groups excluding tert-OH is 1. The lowest BCUT2D eigenvalue weighted by atomic mass is 9.55. The number of aromatic amines is 1. The maximum atomic E-state index is 13.5. The van der Waals surface area contributed by atoms with E-state index >= 15 is 0 Å². The lowest BCUT2D eigenvalue weighted by molar-refractivity contribution is -0.220. The van der Waals surface area contributed by atoms with Crippen LogP contribution in [0.4, 0.5) is 0 Å². The van der Waals surface area contributed by atoms with E-state index in [1.807, 2.05) is 26.0 Å². The van der Waals surface area contributed by atoms with Crippen LogP contribution in [0.2, 0.25) is 0 Å². The predicted octanol–water partition coefficient (Wildman–Crippen LogP) is 2.59. The average Bonchev–Trinajstić information content (AvgIpc) is 3.06. The number of fused-ring (bicyclic) bond motifs is 4. The Morgan fingerprint density at radius 1 is 1.41 bits per heavy atom. The molecule has 1 aromatic heterocycles. The number of benzene rings is 1. The summed E-state index contributed by atoms with van der Waals surface area (Å²) in [5, 5.41) is 11.9. The standard InChI is InChI=1S/C23H30N2O4/c1-4-29-21-14-11-17(13(2)26)20-23(12-14,22(27)28-3)19-16(9-10-25(20)21)15-7-5-6-8-18(15)24-19/h5-8,13-14,17,20-21,24,26H,4,9-12H2,1-3H3/t13-,14-,17+,20-,21?,23+/m0/s1. The van der Waals surface area contributed by atoms with Crippen LogP contribution in [0.25, 0.3) is 10.9 Å². The Morgan fingerprint density at radius 2 is 2.21 bits per heavy atom. The van der Waals surface area contributed by atoms with Crippen molar-refractivity contribution in [2.45, 2.75) is 56.9 Å². The van der Waals surface area contributed by atoms with Crippen LogP contribution in [-0.4, -0.2) is 59.6 Å². The molecule has 2 aromatic rings. The number of piperidine rings is 2. The van der Waals surface area contributed by atoms with E-state index in [1.54, 1.807) is 0 Å². The second-order valence-electron chi connectivity index (χ2n) is 8.87. The van der Waals surface area contributed by atoms with Crippen LogP contribution >= 0.6 is 0 Å². The third-order valence-corrected chi connectivity index (χ3v) is 7.54. The number of nitrogens with one attached hydrogen (secondary N) is 1. The van der Waals surface area contributed by atoms with E-state index in [2.05, 4.69) is 22.0 Å². The molecule has 3 aliphatic heterocycles.